The smallest absolute Gasteiger partial charge is 0.251 e. The molecule has 0 aliphatic heterocycles. The van der Waals surface area contributed by atoms with Crippen LogP contribution in [0.4, 0.5) is 5.69 Å². The number of carbonyl (C=O) groups excluding carboxylic acids is 2. The van der Waals surface area contributed by atoms with Gasteiger partial charge in [0.15, 0.2) is 0 Å². The second-order valence-corrected chi connectivity index (χ2v) is 4.72. The average molecular weight is 279 g/mol. The highest BCUT2D eigenvalue weighted by Gasteiger charge is 2.09. The fourth-order valence-electron chi connectivity index (χ4n) is 1.66. The Balaban J connectivity index is 2.51. The number of rotatable bonds is 6. The Kier molecular flexibility index (Phi) is 5.83. The molecule has 0 radical (unpaired) electrons. The van der Waals surface area contributed by atoms with E-state index in [1.807, 2.05) is 13.8 Å². The van der Waals surface area contributed by atoms with Crippen LogP contribution < -0.4 is 21.1 Å². The van der Waals surface area contributed by atoms with Crippen molar-refractivity contribution in [3.05, 3.63) is 23.8 Å². The topological polar surface area (TPSA) is 93.4 Å². The van der Waals surface area contributed by atoms with Crippen LogP contribution in [-0.2, 0) is 4.79 Å². The molecule has 2 amide bonds. The summed E-state index contributed by atoms with van der Waals surface area (Å²) in [4.78, 5) is 23.3. The Morgan fingerprint density at radius 1 is 1.30 bits per heavy atom. The second-order valence-electron chi connectivity index (χ2n) is 4.72. The van der Waals surface area contributed by atoms with E-state index in [0.29, 0.717) is 17.0 Å². The SMILES string of the molecule is COc1cc(N)cc(C(=O)NCCC(=O)NC(C)C)c1. The molecule has 0 spiro atoms. The van der Waals surface area contributed by atoms with Crippen molar-refractivity contribution < 1.29 is 14.3 Å². The van der Waals surface area contributed by atoms with Crippen LogP contribution in [0, 0.1) is 0 Å². The molecule has 4 N–H and O–H groups in total. The molecule has 0 fully saturated rings. The lowest BCUT2D eigenvalue weighted by Crippen LogP contribution is -2.34. The molecule has 1 aromatic carbocycles. The molecule has 0 atom stereocenters. The lowest BCUT2D eigenvalue weighted by molar-refractivity contribution is -0.121. The summed E-state index contributed by atoms with van der Waals surface area (Å²) in [5, 5.41) is 5.42. The summed E-state index contributed by atoms with van der Waals surface area (Å²) in [6.45, 7) is 4.04. The molecule has 6 nitrogen and oxygen atoms in total. The number of anilines is 1. The molecule has 6 heteroatoms. The molecule has 20 heavy (non-hydrogen) atoms. The van der Waals surface area contributed by atoms with E-state index < -0.39 is 0 Å². The summed E-state index contributed by atoms with van der Waals surface area (Å²) < 4.78 is 5.05. The van der Waals surface area contributed by atoms with E-state index >= 15 is 0 Å². The van der Waals surface area contributed by atoms with E-state index in [1.165, 1.54) is 7.11 Å². The number of amides is 2. The first kappa shape index (κ1) is 15.8. The second kappa shape index (κ2) is 7.37. The summed E-state index contributed by atoms with van der Waals surface area (Å²) in [5.74, 6) is 0.145. The first-order valence-corrected chi connectivity index (χ1v) is 6.44. The fraction of sp³-hybridized carbons (Fsp3) is 0.429. The predicted octanol–water partition coefficient (Wildman–Crippen LogP) is 0.922. The summed E-state index contributed by atoms with van der Waals surface area (Å²) in [6.07, 6.45) is 0.239. The van der Waals surface area contributed by atoms with Gasteiger partial charge < -0.3 is 21.1 Å². The molecule has 1 aromatic rings. The third-order valence-electron chi connectivity index (χ3n) is 2.51. The van der Waals surface area contributed by atoms with Crippen molar-refractivity contribution in [1.29, 1.82) is 0 Å². The Morgan fingerprint density at radius 2 is 2.00 bits per heavy atom. The first-order valence-electron chi connectivity index (χ1n) is 6.44. The van der Waals surface area contributed by atoms with E-state index in [9.17, 15) is 9.59 Å². The van der Waals surface area contributed by atoms with Crippen molar-refractivity contribution in [3.8, 4) is 5.75 Å². The average Bonchev–Trinajstić information content (AvgIpc) is 2.36. The minimum absolute atomic E-state index is 0.0922. The molecule has 0 bridgehead atoms. The van der Waals surface area contributed by atoms with E-state index in [1.54, 1.807) is 18.2 Å². The van der Waals surface area contributed by atoms with Crippen molar-refractivity contribution in [1.82, 2.24) is 10.6 Å². The van der Waals surface area contributed by atoms with Crippen LogP contribution in [0.1, 0.15) is 30.6 Å². The summed E-state index contributed by atoms with van der Waals surface area (Å²) in [5.41, 5.74) is 6.54. The molecule has 0 aromatic heterocycles. The molecular weight excluding hydrogens is 258 g/mol. The van der Waals surface area contributed by atoms with Crippen LogP contribution in [0.2, 0.25) is 0 Å². The van der Waals surface area contributed by atoms with E-state index in [2.05, 4.69) is 10.6 Å². The van der Waals surface area contributed by atoms with Gasteiger partial charge in [-0.15, -0.1) is 0 Å². The Morgan fingerprint density at radius 3 is 2.60 bits per heavy atom. The van der Waals surface area contributed by atoms with Gasteiger partial charge in [-0.2, -0.15) is 0 Å². The van der Waals surface area contributed by atoms with Crippen molar-refractivity contribution in [3.63, 3.8) is 0 Å². The van der Waals surface area contributed by atoms with Crippen LogP contribution in [0.15, 0.2) is 18.2 Å². The number of nitrogen functional groups attached to an aromatic ring is 1. The molecule has 0 saturated heterocycles. The number of hydrogen-bond donors (Lipinski definition) is 3. The number of methoxy groups -OCH3 is 1. The Labute approximate surface area is 118 Å². The zero-order chi connectivity index (χ0) is 15.1. The van der Waals surface area contributed by atoms with Crippen LogP contribution in [0.25, 0.3) is 0 Å². The quantitative estimate of drug-likeness (QED) is 0.675. The number of benzene rings is 1. The summed E-state index contributed by atoms with van der Waals surface area (Å²) in [6, 6.07) is 4.88. The normalized spacial score (nSPS) is 10.2. The van der Waals surface area contributed by atoms with Gasteiger partial charge in [0.1, 0.15) is 5.75 Å². The minimum atomic E-state index is -0.284. The Bertz CT molecular complexity index is 487. The molecule has 0 heterocycles. The van der Waals surface area contributed by atoms with Gasteiger partial charge in [-0.05, 0) is 26.0 Å². The number of carbonyl (C=O) groups is 2. The maximum absolute atomic E-state index is 11.9. The molecule has 0 saturated carbocycles. The van der Waals surface area contributed by atoms with E-state index in [4.69, 9.17) is 10.5 Å². The van der Waals surface area contributed by atoms with Crippen molar-refractivity contribution in [2.45, 2.75) is 26.3 Å². The van der Waals surface area contributed by atoms with Gasteiger partial charge in [-0.1, -0.05) is 0 Å². The highest BCUT2D eigenvalue weighted by molar-refractivity contribution is 5.95. The van der Waals surface area contributed by atoms with Gasteiger partial charge in [-0.3, -0.25) is 9.59 Å². The molecule has 110 valence electrons. The standard InChI is InChI=1S/C14H21N3O3/c1-9(2)17-13(18)4-5-16-14(19)10-6-11(15)8-12(7-10)20-3/h6-9H,4-5,15H2,1-3H3,(H,16,19)(H,17,18). The van der Waals surface area contributed by atoms with Gasteiger partial charge in [0, 0.05) is 36.3 Å². The largest absolute Gasteiger partial charge is 0.497 e. The number of hydrogen-bond acceptors (Lipinski definition) is 4. The van der Waals surface area contributed by atoms with Gasteiger partial charge in [0.2, 0.25) is 5.91 Å². The fourth-order valence-corrected chi connectivity index (χ4v) is 1.66. The van der Waals surface area contributed by atoms with Gasteiger partial charge >= 0.3 is 0 Å². The highest BCUT2D eigenvalue weighted by Crippen LogP contribution is 2.18. The van der Waals surface area contributed by atoms with Crippen LogP contribution in [0.5, 0.6) is 5.75 Å². The number of ether oxygens (including phenoxy) is 1. The first-order chi connectivity index (χ1) is 9.42. The van der Waals surface area contributed by atoms with Crippen molar-refractivity contribution in [2.75, 3.05) is 19.4 Å². The minimum Gasteiger partial charge on any atom is -0.497 e. The zero-order valence-electron chi connectivity index (χ0n) is 12.0. The van der Waals surface area contributed by atoms with E-state index in [0.717, 1.165) is 0 Å². The van der Waals surface area contributed by atoms with Gasteiger partial charge in [0.05, 0.1) is 7.11 Å². The molecule has 0 aliphatic carbocycles. The van der Waals surface area contributed by atoms with Gasteiger partial charge in [0.25, 0.3) is 5.91 Å². The van der Waals surface area contributed by atoms with E-state index in [-0.39, 0.29) is 30.8 Å². The highest BCUT2D eigenvalue weighted by atomic mass is 16.5. The number of nitrogens with one attached hydrogen (secondary N) is 2. The third-order valence-corrected chi connectivity index (χ3v) is 2.51. The third kappa shape index (κ3) is 5.17. The van der Waals surface area contributed by atoms with Crippen LogP contribution in [0.3, 0.4) is 0 Å². The zero-order valence-corrected chi connectivity index (χ0v) is 12.0. The maximum atomic E-state index is 11.9. The molecular formula is C14H21N3O3. The molecule has 1 rings (SSSR count). The van der Waals surface area contributed by atoms with Crippen molar-refractivity contribution in [2.24, 2.45) is 0 Å². The monoisotopic (exact) mass is 279 g/mol. The predicted molar refractivity (Wildman–Crippen MR) is 77.6 cm³/mol. The Hall–Kier alpha value is -2.24. The lowest BCUT2D eigenvalue weighted by Gasteiger charge is -2.10. The summed E-state index contributed by atoms with van der Waals surface area (Å²) >= 11 is 0. The molecule has 0 aliphatic rings. The lowest BCUT2D eigenvalue weighted by atomic mass is 10.1. The van der Waals surface area contributed by atoms with Crippen molar-refractivity contribution >= 4 is 17.5 Å². The van der Waals surface area contributed by atoms with Crippen LogP contribution in [-0.4, -0.2) is 31.5 Å². The summed E-state index contributed by atoms with van der Waals surface area (Å²) in [7, 11) is 1.51. The van der Waals surface area contributed by atoms with Crippen LogP contribution >= 0.6 is 0 Å². The molecule has 0 unspecified atom stereocenters. The van der Waals surface area contributed by atoms with Gasteiger partial charge in [-0.25, -0.2) is 0 Å². The maximum Gasteiger partial charge on any atom is 0.251 e. The number of nitrogens with two attached hydrogens (primary N) is 1.